The SMILES string of the molecule is COC(=O)c1ccccc1C(=O)OCC(=O)Nc1ccc(C)cc1Cl. The number of nitrogens with one attached hydrogen (secondary N) is 1. The zero-order valence-electron chi connectivity index (χ0n) is 13.7. The van der Waals surface area contributed by atoms with Gasteiger partial charge >= 0.3 is 11.9 Å². The molecule has 6 nitrogen and oxygen atoms in total. The summed E-state index contributed by atoms with van der Waals surface area (Å²) in [5.74, 6) is -2.01. The van der Waals surface area contributed by atoms with Gasteiger partial charge in [0.2, 0.25) is 0 Å². The highest BCUT2D eigenvalue weighted by Crippen LogP contribution is 2.22. The third kappa shape index (κ3) is 4.81. The van der Waals surface area contributed by atoms with E-state index in [1.165, 1.54) is 19.2 Å². The van der Waals surface area contributed by atoms with Crippen molar-refractivity contribution in [1.82, 2.24) is 0 Å². The Balaban J connectivity index is 2.00. The minimum Gasteiger partial charge on any atom is -0.465 e. The van der Waals surface area contributed by atoms with Crippen LogP contribution in [-0.2, 0) is 14.3 Å². The number of methoxy groups -OCH3 is 1. The van der Waals surface area contributed by atoms with Crippen molar-refractivity contribution in [2.75, 3.05) is 19.0 Å². The third-order valence-electron chi connectivity index (χ3n) is 3.29. The van der Waals surface area contributed by atoms with Crippen LogP contribution in [0, 0.1) is 6.92 Å². The highest BCUT2D eigenvalue weighted by atomic mass is 35.5. The van der Waals surface area contributed by atoms with Gasteiger partial charge in [0.25, 0.3) is 5.91 Å². The molecule has 2 aromatic rings. The van der Waals surface area contributed by atoms with Gasteiger partial charge in [-0.1, -0.05) is 29.8 Å². The topological polar surface area (TPSA) is 81.7 Å². The first kappa shape index (κ1) is 18.5. The summed E-state index contributed by atoms with van der Waals surface area (Å²) in [5, 5.41) is 2.94. The lowest BCUT2D eigenvalue weighted by Gasteiger charge is -2.10. The first-order valence-electron chi connectivity index (χ1n) is 7.33. The predicted octanol–water partition coefficient (Wildman–Crippen LogP) is 3.23. The van der Waals surface area contributed by atoms with Gasteiger partial charge in [0.15, 0.2) is 6.61 Å². The van der Waals surface area contributed by atoms with E-state index < -0.39 is 24.5 Å². The normalized spacial score (nSPS) is 10.0. The number of anilines is 1. The van der Waals surface area contributed by atoms with E-state index in [0.29, 0.717) is 10.7 Å². The number of carbonyl (C=O) groups excluding carboxylic acids is 3. The van der Waals surface area contributed by atoms with Crippen LogP contribution >= 0.6 is 11.6 Å². The molecule has 0 saturated carbocycles. The van der Waals surface area contributed by atoms with Gasteiger partial charge in [0, 0.05) is 0 Å². The second kappa shape index (κ2) is 8.30. The molecule has 1 N–H and O–H groups in total. The fourth-order valence-electron chi connectivity index (χ4n) is 2.07. The van der Waals surface area contributed by atoms with Crippen molar-refractivity contribution >= 4 is 35.1 Å². The number of rotatable bonds is 5. The quantitative estimate of drug-likeness (QED) is 0.827. The van der Waals surface area contributed by atoms with E-state index in [-0.39, 0.29) is 11.1 Å². The van der Waals surface area contributed by atoms with Gasteiger partial charge in [-0.3, -0.25) is 4.79 Å². The molecule has 0 aliphatic heterocycles. The summed E-state index contributed by atoms with van der Waals surface area (Å²) in [6.07, 6.45) is 0. The molecule has 0 heterocycles. The van der Waals surface area contributed by atoms with Gasteiger partial charge in [-0.25, -0.2) is 9.59 Å². The fourth-order valence-corrected chi connectivity index (χ4v) is 2.35. The van der Waals surface area contributed by atoms with Crippen LogP contribution in [0.15, 0.2) is 42.5 Å². The Kier molecular flexibility index (Phi) is 6.14. The third-order valence-corrected chi connectivity index (χ3v) is 3.60. The van der Waals surface area contributed by atoms with Crippen LogP contribution < -0.4 is 5.32 Å². The average Bonchev–Trinajstić information content (AvgIpc) is 2.61. The number of amides is 1. The molecule has 0 aromatic heterocycles. The summed E-state index contributed by atoms with van der Waals surface area (Å²) in [7, 11) is 1.21. The first-order chi connectivity index (χ1) is 11.9. The van der Waals surface area contributed by atoms with Crippen LogP contribution in [0.5, 0.6) is 0 Å². The summed E-state index contributed by atoms with van der Waals surface area (Å²) < 4.78 is 9.57. The molecule has 0 spiro atoms. The van der Waals surface area contributed by atoms with Gasteiger partial charge in [-0.15, -0.1) is 0 Å². The maximum atomic E-state index is 12.1. The second-order valence-electron chi connectivity index (χ2n) is 5.14. The van der Waals surface area contributed by atoms with Gasteiger partial charge < -0.3 is 14.8 Å². The fraction of sp³-hybridized carbons (Fsp3) is 0.167. The zero-order chi connectivity index (χ0) is 18.4. The molecular formula is C18H16ClNO5. The van der Waals surface area contributed by atoms with E-state index in [0.717, 1.165) is 5.56 Å². The molecule has 130 valence electrons. The molecule has 0 aliphatic rings. The molecule has 0 aliphatic carbocycles. The van der Waals surface area contributed by atoms with Crippen molar-refractivity contribution < 1.29 is 23.9 Å². The van der Waals surface area contributed by atoms with E-state index in [9.17, 15) is 14.4 Å². The number of ether oxygens (including phenoxy) is 2. The van der Waals surface area contributed by atoms with Crippen LogP contribution in [0.25, 0.3) is 0 Å². The Morgan fingerprint density at radius 3 is 2.28 bits per heavy atom. The van der Waals surface area contributed by atoms with Crippen molar-refractivity contribution in [3.8, 4) is 0 Å². The molecule has 0 fully saturated rings. The van der Waals surface area contributed by atoms with Crippen molar-refractivity contribution in [2.45, 2.75) is 6.92 Å². The summed E-state index contributed by atoms with van der Waals surface area (Å²) >= 11 is 6.03. The molecule has 0 unspecified atom stereocenters. The van der Waals surface area contributed by atoms with Crippen molar-refractivity contribution in [3.05, 3.63) is 64.2 Å². The highest BCUT2D eigenvalue weighted by molar-refractivity contribution is 6.33. The molecule has 1 amide bonds. The number of aryl methyl sites for hydroxylation is 1. The molecule has 0 saturated heterocycles. The molecular weight excluding hydrogens is 346 g/mol. The number of halogens is 1. The lowest BCUT2D eigenvalue weighted by Crippen LogP contribution is -2.22. The zero-order valence-corrected chi connectivity index (χ0v) is 14.4. The Morgan fingerprint density at radius 2 is 1.68 bits per heavy atom. The van der Waals surface area contributed by atoms with E-state index >= 15 is 0 Å². The molecule has 7 heteroatoms. The molecule has 0 bridgehead atoms. The molecule has 25 heavy (non-hydrogen) atoms. The standard InChI is InChI=1S/C18H16ClNO5/c1-11-7-8-15(14(19)9-11)20-16(21)10-25-18(23)13-6-4-3-5-12(13)17(22)24-2/h3-9H,10H2,1-2H3,(H,20,21). The van der Waals surface area contributed by atoms with Crippen molar-refractivity contribution in [2.24, 2.45) is 0 Å². The van der Waals surface area contributed by atoms with Gasteiger partial charge in [-0.05, 0) is 36.8 Å². The van der Waals surface area contributed by atoms with Gasteiger partial charge in [0.1, 0.15) is 0 Å². The van der Waals surface area contributed by atoms with Crippen LogP contribution in [-0.4, -0.2) is 31.6 Å². The Hall–Kier alpha value is -2.86. The number of hydrogen-bond donors (Lipinski definition) is 1. The smallest absolute Gasteiger partial charge is 0.339 e. The summed E-state index contributed by atoms with van der Waals surface area (Å²) in [6.45, 7) is 1.36. The lowest BCUT2D eigenvalue weighted by atomic mass is 10.1. The van der Waals surface area contributed by atoms with Crippen LogP contribution in [0.2, 0.25) is 5.02 Å². The van der Waals surface area contributed by atoms with Crippen molar-refractivity contribution in [1.29, 1.82) is 0 Å². The number of hydrogen-bond acceptors (Lipinski definition) is 5. The van der Waals surface area contributed by atoms with Crippen LogP contribution in [0.3, 0.4) is 0 Å². The van der Waals surface area contributed by atoms with Crippen LogP contribution in [0.1, 0.15) is 26.3 Å². The minimum atomic E-state index is -0.800. The largest absolute Gasteiger partial charge is 0.465 e. The maximum Gasteiger partial charge on any atom is 0.339 e. The number of esters is 2. The Labute approximate surface area is 149 Å². The number of carbonyl (C=O) groups is 3. The number of benzene rings is 2. The molecule has 2 aromatic carbocycles. The van der Waals surface area contributed by atoms with E-state index in [4.69, 9.17) is 16.3 Å². The maximum absolute atomic E-state index is 12.1. The second-order valence-corrected chi connectivity index (χ2v) is 5.55. The lowest BCUT2D eigenvalue weighted by molar-refractivity contribution is -0.119. The van der Waals surface area contributed by atoms with Crippen molar-refractivity contribution in [3.63, 3.8) is 0 Å². The summed E-state index contributed by atoms with van der Waals surface area (Å²) in [6, 6.07) is 11.2. The molecule has 0 radical (unpaired) electrons. The van der Waals surface area contributed by atoms with E-state index in [2.05, 4.69) is 10.1 Å². The molecule has 2 rings (SSSR count). The average molecular weight is 362 g/mol. The first-order valence-corrected chi connectivity index (χ1v) is 7.70. The molecule has 0 atom stereocenters. The summed E-state index contributed by atoms with van der Waals surface area (Å²) in [4.78, 5) is 35.7. The Bertz CT molecular complexity index is 819. The highest BCUT2D eigenvalue weighted by Gasteiger charge is 2.19. The van der Waals surface area contributed by atoms with Gasteiger partial charge in [-0.2, -0.15) is 0 Å². The van der Waals surface area contributed by atoms with Gasteiger partial charge in [0.05, 0.1) is 28.9 Å². The minimum absolute atomic E-state index is 0.0236. The van der Waals surface area contributed by atoms with Crippen LogP contribution in [0.4, 0.5) is 5.69 Å². The predicted molar refractivity (Wildman–Crippen MR) is 92.9 cm³/mol. The summed E-state index contributed by atoms with van der Waals surface area (Å²) in [5.41, 5.74) is 1.46. The Morgan fingerprint density at radius 1 is 1.04 bits per heavy atom. The monoisotopic (exact) mass is 361 g/mol. The van der Waals surface area contributed by atoms with E-state index in [1.807, 2.05) is 6.92 Å². The van der Waals surface area contributed by atoms with E-state index in [1.54, 1.807) is 30.3 Å².